The van der Waals surface area contributed by atoms with Crippen molar-refractivity contribution in [3.05, 3.63) is 70.5 Å². The molecule has 0 aliphatic heterocycles. The maximum absolute atomic E-state index is 13.1. The predicted molar refractivity (Wildman–Crippen MR) is 122 cm³/mol. The van der Waals surface area contributed by atoms with Crippen LogP contribution in [-0.2, 0) is 17.8 Å². The van der Waals surface area contributed by atoms with Crippen molar-refractivity contribution in [3.63, 3.8) is 0 Å². The van der Waals surface area contributed by atoms with Crippen molar-refractivity contribution in [2.75, 3.05) is 19.3 Å². The van der Waals surface area contributed by atoms with Crippen LogP contribution in [0.5, 0.6) is 0 Å². The van der Waals surface area contributed by atoms with Crippen LogP contribution in [0.25, 0.3) is 10.9 Å². The second-order valence-electron chi connectivity index (χ2n) is 7.96. The van der Waals surface area contributed by atoms with Gasteiger partial charge in [-0.25, -0.2) is 4.98 Å². The number of carbonyl (C=O) groups excluding carboxylic acids is 1. The third kappa shape index (κ3) is 5.11. The molecule has 3 aromatic rings. The number of hydrogen-bond acceptors (Lipinski definition) is 4. The molecule has 1 aliphatic carbocycles. The molecule has 0 radical (unpaired) electrons. The Hall–Kier alpha value is -2.60. The molecule has 0 atom stereocenters. The Balaban J connectivity index is 1.51. The first-order valence-electron chi connectivity index (χ1n) is 10.5. The maximum Gasteiger partial charge on any atom is 0.262 e. The van der Waals surface area contributed by atoms with E-state index in [1.54, 1.807) is 4.57 Å². The monoisotopic (exact) mass is 421 g/mol. The molecule has 0 spiro atoms. The van der Waals surface area contributed by atoms with Crippen molar-refractivity contribution in [1.29, 1.82) is 0 Å². The quantitative estimate of drug-likeness (QED) is 0.387. The zero-order valence-corrected chi connectivity index (χ0v) is 18.1. The lowest BCUT2D eigenvalue weighted by atomic mass is 10.1. The molecular weight excluding hydrogens is 394 g/mol. The van der Waals surface area contributed by atoms with E-state index in [4.69, 9.17) is 4.98 Å². The summed E-state index contributed by atoms with van der Waals surface area (Å²) in [5.41, 5.74) is 1.91. The fraction of sp³-hybridized carbons (Fsp3) is 0.375. The van der Waals surface area contributed by atoms with Crippen LogP contribution in [0.4, 0.5) is 0 Å². The third-order valence-corrected chi connectivity index (χ3v) is 6.46. The van der Waals surface area contributed by atoms with Crippen molar-refractivity contribution < 1.29 is 4.79 Å². The Kier molecular flexibility index (Phi) is 6.53. The summed E-state index contributed by atoms with van der Waals surface area (Å²) >= 11 is 1.37. The van der Waals surface area contributed by atoms with Gasteiger partial charge in [0.1, 0.15) is 0 Å². The Labute approximate surface area is 181 Å². The van der Waals surface area contributed by atoms with Crippen molar-refractivity contribution in [1.82, 2.24) is 14.5 Å². The van der Waals surface area contributed by atoms with Gasteiger partial charge in [-0.15, -0.1) is 0 Å². The lowest BCUT2D eigenvalue weighted by molar-refractivity contribution is -0.127. The minimum atomic E-state index is -0.0325. The summed E-state index contributed by atoms with van der Waals surface area (Å²) in [6.45, 7) is 1.41. The number of aromatic nitrogens is 2. The van der Waals surface area contributed by atoms with E-state index < -0.39 is 0 Å². The average Bonchev–Trinajstić information content (AvgIpc) is 3.58. The van der Waals surface area contributed by atoms with Crippen LogP contribution >= 0.6 is 11.8 Å². The molecule has 156 valence electrons. The van der Waals surface area contributed by atoms with Gasteiger partial charge in [0.05, 0.1) is 16.7 Å². The van der Waals surface area contributed by atoms with Gasteiger partial charge < -0.3 is 4.90 Å². The number of rotatable bonds is 9. The summed E-state index contributed by atoms with van der Waals surface area (Å²) < 4.78 is 1.74. The molecule has 2 aromatic carbocycles. The lowest BCUT2D eigenvalue weighted by Crippen LogP contribution is -2.31. The molecule has 1 aliphatic rings. The maximum atomic E-state index is 13.1. The van der Waals surface area contributed by atoms with Crippen molar-refractivity contribution in [2.24, 2.45) is 5.92 Å². The number of thioether (sulfide) groups is 1. The highest BCUT2D eigenvalue weighted by Gasteiger charge is 2.25. The number of amides is 1. The molecule has 6 heteroatoms. The van der Waals surface area contributed by atoms with Gasteiger partial charge in [0.2, 0.25) is 5.91 Å². The Morgan fingerprint density at radius 3 is 2.63 bits per heavy atom. The van der Waals surface area contributed by atoms with E-state index in [0.717, 1.165) is 19.4 Å². The number of benzene rings is 2. The standard InChI is InChI=1S/C24H27N3O2S/c1-26(16-19-13-14-19)22(28)17-30-24-25-21-12-6-5-11-20(21)23(29)27(24)15-7-10-18-8-3-2-4-9-18/h2-6,8-9,11-12,19H,7,10,13-17H2,1H3. The SMILES string of the molecule is CN(CC1CC1)C(=O)CSc1nc2ccccc2c(=O)n1CCCc1ccccc1. The van der Waals surface area contributed by atoms with E-state index in [-0.39, 0.29) is 11.5 Å². The molecule has 0 bridgehead atoms. The second kappa shape index (κ2) is 9.47. The molecule has 30 heavy (non-hydrogen) atoms. The summed E-state index contributed by atoms with van der Waals surface area (Å²) in [6.07, 6.45) is 4.18. The summed E-state index contributed by atoms with van der Waals surface area (Å²) in [6, 6.07) is 17.7. The summed E-state index contributed by atoms with van der Waals surface area (Å²) in [7, 11) is 1.86. The Morgan fingerprint density at radius 1 is 1.13 bits per heavy atom. The first-order valence-corrected chi connectivity index (χ1v) is 11.5. The van der Waals surface area contributed by atoms with Gasteiger partial charge in [0.25, 0.3) is 5.56 Å². The van der Waals surface area contributed by atoms with E-state index in [1.165, 1.54) is 30.2 Å². The normalized spacial score (nSPS) is 13.5. The average molecular weight is 422 g/mol. The molecule has 1 saturated carbocycles. The smallest absolute Gasteiger partial charge is 0.262 e. The summed E-state index contributed by atoms with van der Waals surface area (Å²) in [5.74, 6) is 1.05. The third-order valence-electron chi connectivity index (χ3n) is 5.50. The van der Waals surface area contributed by atoms with Crippen LogP contribution < -0.4 is 5.56 Å². The van der Waals surface area contributed by atoms with Crippen molar-refractivity contribution >= 4 is 28.6 Å². The molecule has 0 N–H and O–H groups in total. The zero-order valence-electron chi connectivity index (χ0n) is 17.3. The zero-order chi connectivity index (χ0) is 20.9. The summed E-state index contributed by atoms with van der Waals surface area (Å²) in [4.78, 5) is 32.2. The van der Waals surface area contributed by atoms with Gasteiger partial charge in [-0.1, -0.05) is 54.2 Å². The number of fused-ring (bicyclic) bond motifs is 1. The lowest BCUT2D eigenvalue weighted by Gasteiger charge is -2.17. The minimum absolute atomic E-state index is 0.0325. The van der Waals surface area contributed by atoms with E-state index in [0.29, 0.717) is 34.3 Å². The largest absolute Gasteiger partial charge is 0.345 e. The van der Waals surface area contributed by atoms with Crippen LogP contribution in [0.3, 0.4) is 0 Å². The van der Waals surface area contributed by atoms with E-state index in [9.17, 15) is 9.59 Å². The van der Waals surface area contributed by atoms with Gasteiger partial charge in [0.15, 0.2) is 5.16 Å². The number of carbonyl (C=O) groups is 1. The first-order chi connectivity index (χ1) is 14.6. The van der Waals surface area contributed by atoms with E-state index >= 15 is 0 Å². The van der Waals surface area contributed by atoms with Gasteiger partial charge >= 0.3 is 0 Å². The molecule has 1 amide bonds. The minimum Gasteiger partial charge on any atom is -0.345 e. The van der Waals surface area contributed by atoms with Gasteiger partial charge in [-0.3, -0.25) is 14.2 Å². The topological polar surface area (TPSA) is 55.2 Å². The molecule has 1 aromatic heterocycles. The van der Waals surface area contributed by atoms with Gasteiger partial charge in [-0.05, 0) is 49.3 Å². The summed E-state index contributed by atoms with van der Waals surface area (Å²) in [5, 5.41) is 1.25. The molecule has 1 heterocycles. The highest BCUT2D eigenvalue weighted by atomic mass is 32.2. The van der Waals surface area contributed by atoms with Crippen LogP contribution in [0, 0.1) is 5.92 Å². The highest BCUT2D eigenvalue weighted by Crippen LogP contribution is 2.29. The Morgan fingerprint density at radius 2 is 1.87 bits per heavy atom. The molecule has 4 rings (SSSR count). The number of para-hydroxylation sites is 1. The molecule has 0 unspecified atom stereocenters. The van der Waals surface area contributed by atoms with Gasteiger partial charge in [0, 0.05) is 20.1 Å². The fourth-order valence-electron chi connectivity index (χ4n) is 3.57. The van der Waals surface area contributed by atoms with Crippen molar-refractivity contribution in [3.8, 4) is 0 Å². The predicted octanol–water partition coefficient (Wildman–Crippen LogP) is 3.99. The Bertz CT molecular complexity index is 1080. The molecule has 1 fully saturated rings. The van der Waals surface area contributed by atoms with Crippen LogP contribution in [-0.4, -0.2) is 39.7 Å². The van der Waals surface area contributed by atoms with E-state index in [2.05, 4.69) is 12.1 Å². The van der Waals surface area contributed by atoms with Crippen LogP contribution in [0.2, 0.25) is 0 Å². The number of aryl methyl sites for hydroxylation is 1. The molecule has 0 saturated heterocycles. The van der Waals surface area contributed by atoms with Crippen LogP contribution in [0.15, 0.2) is 64.5 Å². The molecular formula is C24H27N3O2S. The van der Waals surface area contributed by atoms with E-state index in [1.807, 2.05) is 54.4 Å². The number of nitrogens with zero attached hydrogens (tertiary/aromatic N) is 3. The molecule has 5 nitrogen and oxygen atoms in total. The fourth-order valence-corrected chi connectivity index (χ4v) is 4.53. The van der Waals surface area contributed by atoms with Gasteiger partial charge in [-0.2, -0.15) is 0 Å². The van der Waals surface area contributed by atoms with Crippen LogP contribution in [0.1, 0.15) is 24.8 Å². The van der Waals surface area contributed by atoms with Crippen molar-refractivity contribution in [2.45, 2.75) is 37.4 Å². The second-order valence-corrected chi connectivity index (χ2v) is 8.91. The highest BCUT2D eigenvalue weighted by molar-refractivity contribution is 7.99. The number of hydrogen-bond donors (Lipinski definition) is 0. The first kappa shape index (κ1) is 20.7.